The van der Waals surface area contributed by atoms with Crippen LogP contribution in [0.2, 0.25) is 0 Å². The monoisotopic (exact) mass is 313 g/mol. The second-order valence-electron chi connectivity index (χ2n) is 3.82. The summed E-state index contributed by atoms with van der Waals surface area (Å²) in [5.74, 6) is -0.117. The van der Waals surface area contributed by atoms with Crippen LogP contribution in [-0.4, -0.2) is 27.4 Å². The average molecular weight is 314 g/mol. The summed E-state index contributed by atoms with van der Waals surface area (Å²) >= 11 is 3.35. The van der Waals surface area contributed by atoms with Gasteiger partial charge in [0, 0.05) is 17.9 Å². The molecule has 2 aromatic rings. The molecule has 1 aromatic heterocycles. The van der Waals surface area contributed by atoms with Crippen molar-refractivity contribution in [1.29, 1.82) is 0 Å². The zero-order valence-electron chi connectivity index (χ0n) is 9.94. The normalized spacial score (nSPS) is 10.6. The molecule has 0 N–H and O–H groups in total. The van der Waals surface area contributed by atoms with Crippen LogP contribution in [0.5, 0.6) is 5.75 Å². The van der Waals surface area contributed by atoms with E-state index in [2.05, 4.69) is 26.2 Å². The Morgan fingerprint density at radius 2 is 2.28 bits per heavy atom. The molecule has 6 heteroatoms. The maximum atomic E-state index is 13.5. The van der Waals surface area contributed by atoms with Crippen molar-refractivity contribution in [1.82, 2.24) is 15.0 Å². The summed E-state index contributed by atoms with van der Waals surface area (Å²) in [5, 5.41) is 8.87. The lowest BCUT2D eigenvalue weighted by Gasteiger charge is -2.04. The predicted molar refractivity (Wildman–Crippen MR) is 69.6 cm³/mol. The topological polar surface area (TPSA) is 39.9 Å². The molecule has 18 heavy (non-hydrogen) atoms. The maximum Gasteiger partial charge on any atom is 0.165 e. The van der Waals surface area contributed by atoms with E-state index in [1.165, 1.54) is 13.2 Å². The van der Waals surface area contributed by atoms with Gasteiger partial charge in [0.15, 0.2) is 11.6 Å². The number of rotatable bonds is 5. The molecular weight excluding hydrogens is 301 g/mol. The van der Waals surface area contributed by atoms with E-state index < -0.39 is 0 Å². The van der Waals surface area contributed by atoms with Gasteiger partial charge in [0.1, 0.15) is 0 Å². The lowest BCUT2D eigenvalue weighted by molar-refractivity contribution is 0.386. The first-order valence-corrected chi connectivity index (χ1v) is 6.62. The van der Waals surface area contributed by atoms with Crippen molar-refractivity contribution in [2.24, 2.45) is 0 Å². The molecule has 96 valence electrons. The number of hydrogen-bond donors (Lipinski definition) is 0. The molecule has 0 aliphatic rings. The number of aryl methyl sites for hydroxylation is 1. The van der Waals surface area contributed by atoms with E-state index in [1.807, 2.05) is 12.3 Å². The molecule has 0 unspecified atom stereocenters. The summed E-state index contributed by atoms with van der Waals surface area (Å²) in [6, 6.07) is 4.87. The predicted octanol–water partition coefficient (Wildman–Crippen LogP) is 2.41. The minimum absolute atomic E-state index is 0.248. The average Bonchev–Trinajstić information content (AvgIpc) is 2.77. The molecular formula is C12H13BrFN3O. The van der Waals surface area contributed by atoms with Gasteiger partial charge >= 0.3 is 0 Å². The third kappa shape index (κ3) is 3.07. The van der Waals surface area contributed by atoms with E-state index in [4.69, 9.17) is 4.74 Å². The van der Waals surface area contributed by atoms with E-state index in [9.17, 15) is 4.39 Å². The summed E-state index contributed by atoms with van der Waals surface area (Å²) in [5.41, 5.74) is 1.74. The second-order valence-corrected chi connectivity index (χ2v) is 4.61. The number of halogens is 2. The van der Waals surface area contributed by atoms with Gasteiger partial charge in [-0.1, -0.05) is 27.2 Å². The summed E-state index contributed by atoms with van der Waals surface area (Å²) < 4.78 is 20.1. The van der Waals surface area contributed by atoms with Gasteiger partial charge in [-0.15, -0.1) is 5.10 Å². The van der Waals surface area contributed by atoms with Gasteiger partial charge in [-0.05, 0) is 17.7 Å². The largest absolute Gasteiger partial charge is 0.494 e. The molecule has 0 amide bonds. The molecule has 4 nitrogen and oxygen atoms in total. The number of nitrogens with zero attached hydrogens (tertiary/aromatic N) is 3. The Balaban J connectivity index is 2.10. The van der Waals surface area contributed by atoms with Crippen LogP contribution in [0.1, 0.15) is 11.3 Å². The van der Waals surface area contributed by atoms with Gasteiger partial charge in [0.05, 0.1) is 19.3 Å². The second kappa shape index (κ2) is 5.95. The van der Waals surface area contributed by atoms with E-state index in [-0.39, 0.29) is 11.6 Å². The van der Waals surface area contributed by atoms with Crippen molar-refractivity contribution in [2.75, 3.05) is 12.4 Å². The van der Waals surface area contributed by atoms with Gasteiger partial charge in [0.2, 0.25) is 0 Å². The number of aromatic nitrogens is 3. The first-order chi connectivity index (χ1) is 8.72. The number of alkyl halides is 1. The fraction of sp³-hybridized carbons (Fsp3) is 0.333. The van der Waals surface area contributed by atoms with Crippen LogP contribution >= 0.6 is 15.9 Å². The van der Waals surface area contributed by atoms with Crippen LogP contribution < -0.4 is 4.74 Å². The Labute approximate surface area is 113 Å². The lowest BCUT2D eigenvalue weighted by Crippen LogP contribution is -2.01. The highest BCUT2D eigenvalue weighted by molar-refractivity contribution is 9.09. The van der Waals surface area contributed by atoms with E-state index in [0.29, 0.717) is 6.54 Å². The van der Waals surface area contributed by atoms with Crippen molar-refractivity contribution >= 4 is 15.9 Å². The van der Waals surface area contributed by atoms with Crippen LogP contribution in [0.3, 0.4) is 0 Å². The fourth-order valence-electron chi connectivity index (χ4n) is 1.62. The van der Waals surface area contributed by atoms with Crippen molar-refractivity contribution in [2.45, 2.75) is 13.0 Å². The van der Waals surface area contributed by atoms with Crippen LogP contribution in [0.4, 0.5) is 4.39 Å². The van der Waals surface area contributed by atoms with Crippen LogP contribution in [0, 0.1) is 5.82 Å². The number of hydrogen-bond acceptors (Lipinski definition) is 3. The zero-order valence-corrected chi connectivity index (χ0v) is 11.5. The van der Waals surface area contributed by atoms with Crippen molar-refractivity contribution in [3.05, 3.63) is 41.5 Å². The fourth-order valence-corrected chi connectivity index (χ4v) is 2.03. The third-order valence-corrected chi connectivity index (χ3v) is 2.89. The smallest absolute Gasteiger partial charge is 0.165 e. The first kappa shape index (κ1) is 13.0. The molecule has 0 radical (unpaired) electrons. The molecule has 0 saturated heterocycles. The molecule has 0 aliphatic carbocycles. The van der Waals surface area contributed by atoms with Gasteiger partial charge in [0.25, 0.3) is 0 Å². The Morgan fingerprint density at radius 3 is 2.94 bits per heavy atom. The van der Waals surface area contributed by atoms with Gasteiger partial charge < -0.3 is 4.74 Å². The Bertz CT molecular complexity index is 530. The van der Waals surface area contributed by atoms with Gasteiger partial charge in [-0.25, -0.2) is 9.07 Å². The number of ether oxygens (including phenoxy) is 1. The first-order valence-electron chi connectivity index (χ1n) is 5.50. The SMILES string of the molecule is COc1ccc(Cn2cc(CCBr)nn2)cc1F. The molecule has 1 heterocycles. The molecule has 0 aliphatic heterocycles. The highest BCUT2D eigenvalue weighted by Gasteiger charge is 2.05. The zero-order chi connectivity index (χ0) is 13.0. The molecule has 0 atom stereocenters. The van der Waals surface area contributed by atoms with E-state index >= 15 is 0 Å². The lowest BCUT2D eigenvalue weighted by atomic mass is 10.2. The molecule has 0 saturated carbocycles. The molecule has 1 aromatic carbocycles. The Kier molecular flexibility index (Phi) is 4.30. The standard InChI is InChI=1S/C12H13BrFN3O/c1-18-12-3-2-9(6-11(12)14)7-17-8-10(4-5-13)15-16-17/h2-3,6,8H,4-5,7H2,1H3. The van der Waals surface area contributed by atoms with E-state index in [1.54, 1.807) is 10.7 Å². The van der Waals surface area contributed by atoms with Crippen LogP contribution in [0.15, 0.2) is 24.4 Å². The molecule has 0 spiro atoms. The summed E-state index contributed by atoms with van der Waals surface area (Å²) in [4.78, 5) is 0. The number of benzene rings is 1. The minimum atomic E-state index is -0.365. The highest BCUT2D eigenvalue weighted by Crippen LogP contribution is 2.18. The summed E-state index contributed by atoms with van der Waals surface area (Å²) in [6.07, 6.45) is 2.69. The van der Waals surface area contributed by atoms with Crippen LogP contribution in [-0.2, 0) is 13.0 Å². The molecule has 0 bridgehead atoms. The van der Waals surface area contributed by atoms with Gasteiger partial charge in [-0.3, -0.25) is 0 Å². The Hall–Kier alpha value is -1.43. The highest BCUT2D eigenvalue weighted by atomic mass is 79.9. The van der Waals surface area contributed by atoms with Crippen molar-refractivity contribution in [3.63, 3.8) is 0 Å². The van der Waals surface area contributed by atoms with Crippen LogP contribution in [0.25, 0.3) is 0 Å². The van der Waals surface area contributed by atoms with E-state index in [0.717, 1.165) is 23.0 Å². The molecule has 2 rings (SSSR count). The summed E-state index contributed by atoms with van der Waals surface area (Å²) in [7, 11) is 1.45. The quantitative estimate of drug-likeness (QED) is 0.796. The third-order valence-electron chi connectivity index (χ3n) is 2.50. The maximum absolute atomic E-state index is 13.5. The van der Waals surface area contributed by atoms with Crippen molar-refractivity contribution < 1.29 is 9.13 Å². The number of methoxy groups -OCH3 is 1. The summed E-state index contributed by atoms with van der Waals surface area (Å²) in [6.45, 7) is 0.496. The van der Waals surface area contributed by atoms with Gasteiger partial charge in [-0.2, -0.15) is 0 Å². The van der Waals surface area contributed by atoms with Crippen molar-refractivity contribution in [3.8, 4) is 5.75 Å². The molecule has 0 fully saturated rings. The Morgan fingerprint density at radius 1 is 1.44 bits per heavy atom. The minimum Gasteiger partial charge on any atom is -0.494 e.